The van der Waals surface area contributed by atoms with Gasteiger partial charge in [-0.3, -0.25) is 4.79 Å². The summed E-state index contributed by atoms with van der Waals surface area (Å²) in [6.45, 7) is 8.10. The highest BCUT2D eigenvalue weighted by Crippen LogP contribution is 2.23. The molecule has 0 saturated heterocycles. The Morgan fingerprint density at radius 3 is 2.55 bits per heavy atom. The first-order valence-corrected chi connectivity index (χ1v) is 7.67. The minimum Gasteiger partial charge on any atom is -0.450 e. The maximum atomic E-state index is 12.3. The van der Waals surface area contributed by atoms with Gasteiger partial charge < -0.3 is 15.4 Å². The van der Waals surface area contributed by atoms with Crippen molar-refractivity contribution in [1.82, 2.24) is 10.6 Å². The van der Waals surface area contributed by atoms with Crippen LogP contribution in [0.3, 0.4) is 0 Å². The zero-order chi connectivity index (χ0) is 15.1. The molecule has 20 heavy (non-hydrogen) atoms. The van der Waals surface area contributed by atoms with Crippen LogP contribution in [0, 0.1) is 11.8 Å². The Morgan fingerprint density at radius 1 is 1.30 bits per heavy atom. The van der Waals surface area contributed by atoms with Crippen LogP contribution in [-0.4, -0.2) is 30.7 Å². The van der Waals surface area contributed by atoms with Crippen LogP contribution < -0.4 is 10.6 Å². The van der Waals surface area contributed by atoms with E-state index in [4.69, 9.17) is 4.74 Å². The first-order valence-electron chi connectivity index (χ1n) is 7.67. The second kappa shape index (κ2) is 8.12. The van der Waals surface area contributed by atoms with Crippen molar-refractivity contribution in [2.75, 3.05) is 6.61 Å². The molecule has 1 rings (SSSR count). The van der Waals surface area contributed by atoms with E-state index in [0.717, 1.165) is 19.3 Å². The summed E-state index contributed by atoms with van der Waals surface area (Å²) in [5.41, 5.74) is 0. The minimum absolute atomic E-state index is 0.0282. The van der Waals surface area contributed by atoms with Crippen molar-refractivity contribution in [3.63, 3.8) is 0 Å². The summed E-state index contributed by atoms with van der Waals surface area (Å²) >= 11 is 0. The molecule has 0 heterocycles. The van der Waals surface area contributed by atoms with Crippen LogP contribution in [0.15, 0.2) is 0 Å². The Balaban J connectivity index is 2.53. The topological polar surface area (TPSA) is 67.4 Å². The molecule has 0 aliphatic heterocycles. The third-order valence-electron chi connectivity index (χ3n) is 3.78. The fraction of sp³-hybridized carbons (Fsp3) is 0.867. The molecule has 5 heteroatoms. The van der Waals surface area contributed by atoms with Gasteiger partial charge in [-0.1, -0.05) is 33.6 Å². The Hall–Kier alpha value is -1.26. The van der Waals surface area contributed by atoms with Crippen LogP contribution in [0.4, 0.5) is 4.79 Å². The zero-order valence-electron chi connectivity index (χ0n) is 13.1. The molecule has 2 amide bonds. The molecule has 1 aliphatic rings. The molecule has 0 aromatic carbocycles. The molecular weight excluding hydrogens is 256 g/mol. The van der Waals surface area contributed by atoms with Gasteiger partial charge in [0.1, 0.15) is 6.04 Å². The first-order chi connectivity index (χ1) is 9.43. The quantitative estimate of drug-likeness (QED) is 0.815. The summed E-state index contributed by atoms with van der Waals surface area (Å²) in [6.07, 6.45) is 3.92. The number of nitrogens with one attached hydrogen (secondary N) is 2. The number of carbonyl (C=O) groups is 2. The van der Waals surface area contributed by atoms with Crippen molar-refractivity contribution < 1.29 is 14.3 Å². The van der Waals surface area contributed by atoms with Gasteiger partial charge in [0.2, 0.25) is 5.91 Å². The Bertz CT molecular complexity index is 331. The molecule has 0 aromatic rings. The Morgan fingerprint density at radius 2 is 2.00 bits per heavy atom. The summed E-state index contributed by atoms with van der Waals surface area (Å²) in [4.78, 5) is 23.8. The third-order valence-corrected chi connectivity index (χ3v) is 3.78. The normalized spacial score (nSPS) is 24.1. The molecule has 1 fully saturated rings. The SMILES string of the molecule is CCOC(=O)N[C@H](C(=O)N[C@H]1CCC[C@@H](C)C1)C(C)C. The standard InChI is InChI=1S/C15H28N2O3/c1-5-20-15(19)17-13(10(2)3)14(18)16-12-8-6-7-11(4)9-12/h10-13H,5-9H2,1-4H3,(H,16,18)(H,17,19)/t11-,12+,13+/m1/s1. The second-order valence-electron chi connectivity index (χ2n) is 6.06. The maximum absolute atomic E-state index is 12.3. The molecule has 116 valence electrons. The van der Waals surface area contributed by atoms with E-state index in [1.54, 1.807) is 6.92 Å². The Kier molecular flexibility index (Phi) is 6.82. The minimum atomic E-state index is -0.536. The molecule has 0 unspecified atom stereocenters. The summed E-state index contributed by atoms with van der Waals surface area (Å²) < 4.78 is 4.85. The van der Waals surface area contributed by atoms with Crippen LogP contribution >= 0.6 is 0 Å². The monoisotopic (exact) mass is 284 g/mol. The molecule has 0 radical (unpaired) electrons. The van der Waals surface area contributed by atoms with Gasteiger partial charge in [0.15, 0.2) is 0 Å². The third kappa shape index (κ3) is 5.39. The van der Waals surface area contributed by atoms with Crippen LogP contribution in [0.25, 0.3) is 0 Å². The number of hydrogen-bond acceptors (Lipinski definition) is 3. The van der Waals surface area contributed by atoms with Gasteiger partial charge in [-0.25, -0.2) is 4.79 Å². The van der Waals surface area contributed by atoms with Crippen LogP contribution in [0.2, 0.25) is 0 Å². The fourth-order valence-corrected chi connectivity index (χ4v) is 2.69. The second-order valence-corrected chi connectivity index (χ2v) is 6.06. The summed E-state index contributed by atoms with van der Waals surface area (Å²) in [6, 6.07) is -0.303. The van der Waals surface area contributed by atoms with Crippen molar-refractivity contribution in [3.05, 3.63) is 0 Å². The van der Waals surface area contributed by atoms with Gasteiger partial charge in [0, 0.05) is 6.04 Å². The predicted octanol–water partition coefficient (Wildman–Crippen LogP) is 2.45. The summed E-state index contributed by atoms with van der Waals surface area (Å²) in [5.74, 6) is 0.581. The lowest BCUT2D eigenvalue weighted by Crippen LogP contribution is -2.52. The molecular formula is C15H28N2O3. The number of hydrogen-bond donors (Lipinski definition) is 2. The molecule has 5 nitrogen and oxygen atoms in total. The van der Waals surface area contributed by atoms with E-state index in [2.05, 4.69) is 17.6 Å². The lowest BCUT2D eigenvalue weighted by molar-refractivity contribution is -0.125. The number of carbonyl (C=O) groups excluding carboxylic acids is 2. The van der Waals surface area contributed by atoms with Crippen molar-refractivity contribution in [2.24, 2.45) is 11.8 Å². The van der Waals surface area contributed by atoms with Crippen LogP contribution in [0.5, 0.6) is 0 Å². The van der Waals surface area contributed by atoms with E-state index in [1.807, 2.05) is 13.8 Å². The van der Waals surface area contributed by atoms with E-state index in [0.29, 0.717) is 12.5 Å². The van der Waals surface area contributed by atoms with Gasteiger partial charge in [0.05, 0.1) is 6.61 Å². The molecule has 2 N–H and O–H groups in total. The fourth-order valence-electron chi connectivity index (χ4n) is 2.69. The van der Waals surface area contributed by atoms with E-state index in [-0.39, 0.29) is 17.9 Å². The summed E-state index contributed by atoms with van der Waals surface area (Å²) in [7, 11) is 0. The first kappa shape index (κ1) is 16.8. The van der Waals surface area contributed by atoms with Crippen LogP contribution in [-0.2, 0) is 9.53 Å². The van der Waals surface area contributed by atoms with E-state index < -0.39 is 12.1 Å². The number of ether oxygens (including phenoxy) is 1. The van der Waals surface area contributed by atoms with Gasteiger partial charge in [-0.15, -0.1) is 0 Å². The molecule has 0 spiro atoms. The van der Waals surface area contributed by atoms with Crippen molar-refractivity contribution in [1.29, 1.82) is 0 Å². The molecule has 1 saturated carbocycles. The van der Waals surface area contributed by atoms with E-state index in [9.17, 15) is 9.59 Å². The summed E-state index contributed by atoms with van der Waals surface area (Å²) in [5, 5.41) is 5.71. The van der Waals surface area contributed by atoms with Crippen molar-refractivity contribution in [3.8, 4) is 0 Å². The van der Waals surface area contributed by atoms with E-state index >= 15 is 0 Å². The average molecular weight is 284 g/mol. The van der Waals surface area contributed by atoms with Gasteiger partial charge in [-0.05, 0) is 31.6 Å². The van der Waals surface area contributed by atoms with Gasteiger partial charge in [-0.2, -0.15) is 0 Å². The molecule has 3 atom stereocenters. The largest absolute Gasteiger partial charge is 0.450 e. The maximum Gasteiger partial charge on any atom is 0.407 e. The smallest absolute Gasteiger partial charge is 0.407 e. The predicted molar refractivity (Wildman–Crippen MR) is 78.3 cm³/mol. The van der Waals surface area contributed by atoms with E-state index in [1.165, 1.54) is 6.42 Å². The van der Waals surface area contributed by atoms with Gasteiger partial charge >= 0.3 is 6.09 Å². The van der Waals surface area contributed by atoms with Gasteiger partial charge in [0.25, 0.3) is 0 Å². The number of rotatable bonds is 5. The zero-order valence-corrected chi connectivity index (χ0v) is 13.1. The lowest BCUT2D eigenvalue weighted by Gasteiger charge is -2.30. The van der Waals surface area contributed by atoms with Crippen molar-refractivity contribution >= 4 is 12.0 Å². The lowest BCUT2D eigenvalue weighted by atomic mass is 9.87. The number of amides is 2. The Labute approximate surface area is 121 Å². The highest BCUT2D eigenvalue weighted by atomic mass is 16.5. The van der Waals surface area contributed by atoms with Crippen molar-refractivity contribution in [2.45, 2.75) is 65.5 Å². The molecule has 0 bridgehead atoms. The molecule has 1 aliphatic carbocycles. The average Bonchev–Trinajstić information content (AvgIpc) is 2.35. The highest BCUT2D eigenvalue weighted by molar-refractivity contribution is 5.86. The highest BCUT2D eigenvalue weighted by Gasteiger charge is 2.28. The van der Waals surface area contributed by atoms with Crippen LogP contribution in [0.1, 0.15) is 53.4 Å². The number of alkyl carbamates (subject to hydrolysis) is 1. The molecule has 0 aromatic heterocycles.